The van der Waals surface area contributed by atoms with Crippen molar-refractivity contribution < 1.29 is 4.79 Å². The molecule has 0 amide bonds. The molecule has 0 saturated heterocycles. The van der Waals surface area contributed by atoms with Gasteiger partial charge in [0.2, 0.25) is 0 Å². The Hall–Kier alpha value is -0.230. The van der Waals surface area contributed by atoms with Gasteiger partial charge in [0.1, 0.15) is 6.54 Å². The fourth-order valence-corrected chi connectivity index (χ4v) is 0.334. The molecule has 3 heteroatoms. The fraction of sp³-hybridized carbons (Fsp3) is 0.667. The van der Waals surface area contributed by atoms with E-state index in [0.29, 0.717) is 0 Å². The van der Waals surface area contributed by atoms with E-state index >= 15 is 0 Å². The molecule has 0 aliphatic rings. The first-order valence-corrected chi connectivity index (χ1v) is 2.04. The molecule has 0 spiro atoms. The van der Waals surface area contributed by atoms with Crippen molar-refractivity contribution >= 4 is 14.8 Å². The van der Waals surface area contributed by atoms with Gasteiger partial charge in [0.25, 0.3) is 0 Å². The van der Waals surface area contributed by atoms with Crippen LogP contribution in [0.15, 0.2) is 4.74 Å². The lowest BCUT2D eigenvalue weighted by atomic mass is 10.5. The molecule has 0 unspecified atom stereocenters. The molecule has 0 aliphatic carbocycles. The van der Waals surface area contributed by atoms with E-state index < -0.39 is 0 Å². The zero-order chi connectivity index (χ0) is 4.99. The third kappa shape index (κ3) is 3.77. The topological polar surface area (TPSA) is 29.4 Å². The predicted octanol–water partition coefficient (Wildman–Crippen LogP) is 0.902. The zero-order valence-electron chi connectivity index (χ0n) is 3.56. The van der Waals surface area contributed by atoms with Crippen LogP contribution in [0, 0.1) is 0 Å². The van der Waals surface area contributed by atoms with Crippen LogP contribution in [-0.2, 0) is 4.79 Å². The van der Waals surface area contributed by atoms with Gasteiger partial charge in [-0.05, 0) is 16.0 Å². The van der Waals surface area contributed by atoms with E-state index in [1.54, 1.807) is 0 Å². The molecule has 0 bridgehead atoms. The van der Waals surface area contributed by atoms with Gasteiger partial charge in [0.05, 0.1) is 0 Å². The summed E-state index contributed by atoms with van der Waals surface area (Å²) in [5, 5.41) is 0. The summed E-state index contributed by atoms with van der Waals surface area (Å²) < 4.78 is 3.39. The lowest BCUT2D eigenvalue weighted by molar-refractivity contribution is -0.115. The minimum Gasteiger partial charge on any atom is -0.298 e. The molecule has 0 heterocycles. The predicted molar refractivity (Wildman–Crippen MR) is 26.3 cm³/mol. The summed E-state index contributed by atoms with van der Waals surface area (Å²) in [4.78, 5) is 9.92. The van der Waals surface area contributed by atoms with Crippen molar-refractivity contribution in [3.63, 3.8) is 0 Å². The van der Waals surface area contributed by atoms with Gasteiger partial charge in [-0.1, -0.05) is 0 Å². The molecule has 0 N–H and O–H groups in total. The van der Waals surface area contributed by atoms with Crippen LogP contribution in [0.25, 0.3) is 0 Å². The molecule has 0 rings (SSSR count). The minimum absolute atomic E-state index is 0.0741. The molecule has 0 aromatic rings. The molecule has 0 fully saturated rings. The monoisotopic (exact) mass is 103 g/mol. The van der Waals surface area contributed by atoms with E-state index in [4.69, 9.17) is 0 Å². The highest BCUT2D eigenvalue weighted by Gasteiger charge is 1.81. The highest BCUT2D eigenvalue weighted by molar-refractivity contribution is 7.04. The van der Waals surface area contributed by atoms with Crippen LogP contribution in [0.4, 0.5) is 0 Å². The van der Waals surface area contributed by atoms with Crippen LogP contribution in [0.2, 0.25) is 0 Å². The number of carbonyl (C=O) groups excluding carboxylic acids is 1. The second-order valence-electron chi connectivity index (χ2n) is 1.02. The second-order valence-corrected chi connectivity index (χ2v) is 1.33. The smallest absolute Gasteiger partial charge is 0.151 e. The highest BCUT2D eigenvalue weighted by Crippen LogP contribution is 1.73. The van der Waals surface area contributed by atoms with Crippen molar-refractivity contribution in [1.82, 2.24) is 0 Å². The van der Waals surface area contributed by atoms with Crippen molar-refractivity contribution in [2.24, 2.45) is 4.74 Å². The Morgan fingerprint density at radius 1 is 2.00 bits per heavy atom. The quantitative estimate of drug-likeness (QED) is 0.477. The molecule has 0 saturated carbocycles. The van der Waals surface area contributed by atoms with Gasteiger partial charge in [0.15, 0.2) is 5.78 Å². The third-order valence-electron chi connectivity index (χ3n) is 0.302. The van der Waals surface area contributed by atoms with E-state index in [0.717, 1.165) is 0 Å². The van der Waals surface area contributed by atoms with Crippen molar-refractivity contribution in [3.05, 3.63) is 0 Å². The molecular weight excluding hydrogens is 97.0 g/mol. The van der Waals surface area contributed by atoms with E-state index in [-0.39, 0.29) is 12.3 Å². The number of carbonyl (C=O) groups is 1. The van der Waals surface area contributed by atoms with Gasteiger partial charge in [-0.2, -0.15) is 0 Å². The van der Waals surface area contributed by atoms with Crippen molar-refractivity contribution in [1.29, 1.82) is 0 Å². The first-order valence-electron chi connectivity index (χ1n) is 1.60. The van der Waals surface area contributed by atoms with Gasteiger partial charge in [0, 0.05) is 0 Å². The van der Waals surface area contributed by atoms with Gasteiger partial charge < -0.3 is 0 Å². The first kappa shape index (κ1) is 5.77. The number of Topliss-reactive ketones (excluding diaryl/α,β-unsaturated/α-hetero) is 1. The Morgan fingerprint density at radius 2 is 2.50 bits per heavy atom. The summed E-state index contributed by atoms with van der Waals surface area (Å²) in [5.74, 6) is 0.0741. The highest BCUT2D eigenvalue weighted by atomic mass is 31.0. The average Bonchev–Trinajstić information content (AvgIpc) is 1.35. The maximum Gasteiger partial charge on any atom is 0.151 e. The van der Waals surface area contributed by atoms with Crippen LogP contribution in [-0.4, -0.2) is 12.3 Å². The molecule has 2 nitrogen and oxygen atoms in total. The summed E-state index contributed by atoms with van der Waals surface area (Å²) in [6.07, 6.45) is 0. The fourth-order valence-electron chi connectivity index (χ4n) is 0.111. The lowest BCUT2D eigenvalue weighted by Crippen LogP contribution is -1.90. The second kappa shape index (κ2) is 2.98. The Labute approximate surface area is 38.9 Å². The zero-order valence-corrected chi connectivity index (χ0v) is 4.56. The summed E-state index contributed by atoms with van der Waals surface area (Å²) in [6.45, 7) is 1.76. The minimum atomic E-state index is 0.0741. The molecule has 6 heavy (non-hydrogen) atoms. The third-order valence-corrected chi connectivity index (χ3v) is 0.460. The Kier molecular flexibility index (Phi) is 2.87. The number of hydrogen-bond donors (Lipinski definition) is 0. The van der Waals surface area contributed by atoms with E-state index in [9.17, 15) is 4.79 Å². The molecule has 0 aromatic carbocycles. The van der Waals surface area contributed by atoms with Gasteiger partial charge in [-0.15, -0.1) is 0 Å². The summed E-state index contributed by atoms with van der Waals surface area (Å²) in [7, 11) is 2.80. The van der Waals surface area contributed by atoms with Gasteiger partial charge in [-0.25, -0.2) is 0 Å². The maximum absolute atomic E-state index is 9.92. The van der Waals surface area contributed by atoms with E-state index in [1.165, 1.54) is 6.92 Å². The molecule has 0 aliphatic heterocycles. The van der Waals surface area contributed by atoms with Crippen LogP contribution in [0.3, 0.4) is 0 Å². The van der Waals surface area contributed by atoms with Crippen LogP contribution in [0.1, 0.15) is 6.92 Å². The first-order chi connectivity index (χ1) is 2.77. The number of ketones is 1. The lowest BCUT2D eigenvalue weighted by Gasteiger charge is -1.75. The summed E-state index contributed by atoms with van der Waals surface area (Å²) in [5.41, 5.74) is 0. The van der Waals surface area contributed by atoms with Crippen LogP contribution in [0.5, 0.6) is 0 Å². The standard InChI is InChI=1S/C3H6NOP/c1-3(5)2-4-6/h6H,2H2,1H3. The van der Waals surface area contributed by atoms with Crippen LogP contribution < -0.4 is 0 Å². The Balaban J connectivity index is 3.05. The number of nitrogens with zero attached hydrogens (tertiary/aromatic N) is 1. The average molecular weight is 103 g/mol. The maximum atomic E-state index is 9.92. The largest absolute Gasteiger partial charge is 0.298 e. The van der Waals surface area contributed by atoms with Crippen molar-refractivity contribution in [2.75, 3.05) is 6.54 Å². The molecule has 34 valence electrons. The Bertz CT molecular complexity index is 71.2. The Morgan fingerprint density at radius 3 is 2.50 bits per heavy atom. The summed E-state index contributed by atoms with van der Waals surface area (Å²) >= 11 is 0. The van der Waals surface area contributed by atoms with Crippen LogP contribution >= 0.6 is 9.03 Å². The van der Waals surface area contributed by atoms with E-state index in [2.05, 4.69) is 13.8 Å². The van der Waals surface area contributed by atoms with E-state index in [1.807, 2.05) is 0 Å². The SMILES string of the molecule is CC(=O)CN=P. The van der Waals surface area contributed by atoms with Crippen molar-refractivity contribution in [2.45, 2.75) is 6.92 Å². The van der Waals surface area contributed by atoms with Gasteiger partial charge in [-0.3, -0.25) is 9.54 Å². The number of hydrogen-bond acceptors (Lipinski definition) is 2. The number of rotatable bonds is 2. The van der Waals surface area contributed by atoms with Crippen molar-refractivity contribution in [3.8, 4) is 0 Å². The molecule has 0 aromatic heterocycles. The summed E-state index contributed by atoms with van der Waals surface area (Å²) in [6, 6.07) is 0. The molecule has 0 atom stereocenters. The normalized spacial score (nSPS) is 7.50. The van der Waals surface area contributed by atoms with Gasteiger partial charge >= 0.3 is 0 Å². The molecular formula is C3H6NOP. The molecule has 0 radical (unpaired) electrons.